The lowest BCUT2D eigenvalue weighted by Crippen LogP contribution is -2.39. The molecular formula is C18H21N5O2. The van der Waals surface area contributed by atoms with Crippen LogP contribution in [0.25, 0.3) is 0 Å². The molecule has 25 heavy (non-hydrogen) atoms. The number of pyridine rings is 1. The molecule has 0 radical (unpaired) electrons. The second-order valence-corrected chi connectivity index (χ2v) is 6.06. The van der Waals surface area contributed by atoms with Crippen LogP contribution in [-0.2, 0) is 0 Å². The Morgan fingerprint density at radius 1 is 1.20 bits per heavy atom. The van der Waals surface area contributed by atoms with Crippen LogP contribution in [0.2, 0.25) is 0 Å². The molecule has 3 heterocycles. The zero-order chi connectivity index (χ0) is 17.8. The van der Waals surface area contributed by atoms with Crippen LogP contribution in [0.4, 0.5) is 5.82 Å². The third-order valence-electron chi connectivity index (χ3n) is 4.51. The van der Waals surface area contributed by atoms with Gasteiger partial charge in [0.05, 0.1) is 19.0 Å². The number of hydrogen-bond acceptors (Lipinski definition) is 7. The fourth-order valence-corrected chi connectivity index (χ4v) is 2.89. The van der Waals surface area contributed by atoms with Crippen LogP contribution in [0.15, 0.2) is 18.3 Å². The number of ether oxygens (including phenoxy) is 2. The van der Waals surface area contributed by atoms with Gasteiger partial charge in [0.25, 0.3) is 0 Å². The Morgan fingerprint density at radius 2 is 1.96 bits per heavy atom. The molecule has 1 aliphatic rings. The van der Waals surface area contributed by atoms with Crippen molar-refractivity contribution in [3.05, 3.63) is 35.2 Å². The molecule has 0 saturated carbocycles. The largest absolute Gasteiger partial charge is 0.489 e. The third-order valence-corrected chi connectivity index (χ3v) is 4.51. The van der Waals surface area contributed by atoms with E-state index in [1.807, 2.05) is 19.9 Å². The smallest absolute Gasteiger partial charge is 0.213 e. The average Bonchev–Trinajstić information content (AvgIpc) is 2.65. The Kier molecular flexibility index (Phi) is 4.98. The monoisotopic (exact) mass is 339 g/mol. The second kappa shape index (κ2) is 7.34. The summed E-state index contributed by atoms with van der Waals surface area (Å²) in [5, 5.41) is 17.9. The molecule has 0 atom stereocenters. The number of methoxy groups -OCH3 is 1. The molecule has 0 spiro atoms. The molecule has 1 saturated heterocycles. The fourth-order valence-electron chi connectivity index (χ4n) is 2.89. The lowest BCUT2D eigenvalue weighted by atomic mass is 10.1. The Bertz CT molecular complexity index is 777. The number of aryl methyl sites for hydroxylation is 1. The quantitative estimate of drug-likeness (QED) is 0.845. The van der Waals surface area contributed by atoms with Gasteiger partial charge in [-0.05, 0) is 25.5 Å². The van der Waals surface area contributed by atoms with Crippen molar-refractivity contribution in [3.63, 3.8) is 0 Å². The highest BCUT2D eigenvalue weighted by Crippen LogP contribution is 2.26. The van der Waals surface area contributed by atoms with Crippen molar-refractivity contribution < 1.29 is 9.47 Å². The van der Waals surface area contributed by atoms with Crippen LogP contribution >= 0.6 is 0 Å². The number of rotatable bonds is 4. The predicted molar refractivity (Wildman–Crippen MR) is 92.9 cm³/mol. The van der Waals surface area contributed by atoms with Crippen molar-refractivity contribution in [2.24, 2.45) is 0 Å². The van der Waals surface area contributed by atoms with Gasteiger partial charge in [-0.1, -0.05) is 0 Å². The first-order chi connectivity index (χ1) is 12.1. The van der Waals surface area contributed by atoms with Gasteiger partial charge in [-0.3, -0.25) is 0 Å². The van der Waals surface area contributed by atoms with Crippen molar-refractivity contribution in [2.75, 3.05) is 25.1 Å². The number of hydrogen-bond donors (Lipinski definition) is 0. The molecule has 0 N–H and O–H groups in total. The minimum Gasteiger partial charge on any atom is -0.489 e. The van der Waals surface area contributed by atoms with E-state index >= 15 is 0 Å². The minimum atomic E-state index is 0.122. The fraction of sp³-hybridized carbons (Fsp3) is 0.444. The summed E-state index contributed by atoms with van der Waals surface area (Å²) in [6.45, 7) is 5.34. The number of aromatic nitrogens is 3. The molecule has 0 bridgehead atoms. The molecule has 2 aromatic rings. The SMILES string of the molecule is COc1ccc(OC2CCN(c3nnc(C)c(C)c3C#N)CC2)cn1. The normalized spacial score (nSPS) is 14.9. The molecular weight excluding hydrogens is 318 g/mol. The number of nitrogens with zero attached hydrogens (tertiary/aromatic N) is 5. The lowest BCUT2D eigenvalue weighted by molar-refractivity contribution is 0.169. The van der Waals surface area contributed by atoms with E-state index in [-0.39, 0.29) is 6.10 Å². The molecule has 0 unspecified atom stereocenters. The molecule has 1 fully saturated rings. The standard InChI is InChI=1S/C18H21N5O2/c1-12-13(2)21-22-18(16(12)10-19)23-8-6-14(7-9-23)25-15-4-5-17(24-3)20-11-15/h4-5,11,14H,6-9H2,1-3H3. The number of anilines is 1. The molecule has 7 heteroatoms. The van der Waals surface area contributed by atoms with Crippen molar-refractivity contribution in [1.29, 1.82) is 5.26 Å². The van der Waals surface area contributed by atoms with E-state index in [0.717, 1.165) is 42.9 Å². The Balaban J connectivity index is 1.64. The summed E-state index contributed by atoms with van der Waals surface area (Å²) in [7, 11) is 1.59. The maximum absolute atomic E-state index is 9.46. The van der Waals surface area contributed by atoms with Gasteiger partial charge in [-0.25, -0.2) is 4.98 Å². The van der Waals surface area contributed by atoms with Gasteiger partial charge in [0, 0.05) is 32.0 Å². The van der Waals surface area contributed by atoms with Gasteiger partial charge < -0.3 is 14.4 Å². The van der Waals surface area contributed by atoms with E-state index in [0.29, 0.717) is 17.3 Å². The summed E-state index contributed by atoms with van der Waals surface area (Å²) < 4.78 is 11.0. The third kappa shape index (κ3) is 3.63. The summed E-state index contributed by atoms with van der Waals surface area (Å²) >= 11 is 0. The maximum atomic E-state index is 9.46. The van der Waals surface area contributed by atoms with Gasteiger partial charge >= 0.3 is 0 Å². The first-order valence-electron chi connectivity index (χ1n) is 8.28. The van der Waals surface area contributed by atoms with Gasteiger partial charge in [0.1, 0.15) is 23.5 Å². The van der Waals surface area contributed by atoms with E-state index in [9.17, 15) is 5.26 Å². The zero-order valence-electron chi connectivity index (χ0n) is 14.7. The Labute approximate surface area is 147 Å². The van der Waals surface area contributed by atoms with Crippen molar-refractivity contribution in [3.8, 4) is 17.7 Å². The van der Waals surface area contributed by atoms with Crippen LogP contribution < -0.4 is 14.4 Å². The summed E-state index contributed by atoms with van der Waals surface area (Å²) in [6.07, 6.45) is 3.50. The topological polar surface area (TPSA) is 84.2 Å². The maximum Gasteiger partial charge on any atom is 0.213 e. The Morgan fingerprint density at radius 3 is 2.56 bits per heavy atom. The predicted octanol–water partition coefficient (Wildman–Crippen LogP) is 2.42. The number of piperidine rings is 1. The van der Waals surface area contributed by atoms with E-state index in [1.165, 1.54) is 0 Å². The van der Waals surface area contributed by atoms with Crippen molar-refractivity contribution >= 4 is 5.82 Å². The molecule has 130 valence electrons. The molecule has 1 aliphatic heterocycles. The summed E-state index contributed by atoms with van der Waals surface area (Å²) in [4.78, 5) is 6.27. The first kappa shape index (κ1) is 17.0. The highest BCUT2D eigenvalue weighted by Gasteiger charge is 2.24. The van der Waals surface area contributed by atoms with Crippen LogP contribution in [0.1, 0.15) is 29.7 Å². The van der Waals surface area contributed by atoms with Crippen LogP contribution in [-0.4, -0.2) is 41.5 Å². The minimum absolute atomic E-state index is 0.122. The van der Waals surface area contributed by atoms with Gasteiger partial charge in [-0.2, -0.15) is 10.4 Å². The molecule has 7 nitrogen and oxygen atoms in total. The molecule has 0 amide bonds. The van der Waals surface area contributed by atoms with E-state index in [2.05, 4.69) is 26.2 Å². The molecule has 2 aromatic heterocycles. The van der Waals surface area contributed by atoms with Crippen LogP contribution in [0, 0.1) is 25.2 Å². The van der Waals surface area contributed by atoms with E-state index in [1.54, 1.807) is 19.4 Å². The van der Waals surface area contributed by atoms with Gasteiger partial charge in [0.15, 0.2) is 5.82 Å². The van der Waals surface area contributed by atoms with E-state index < -0.39 is 0 Å². The van der Waals surface area contributed by atoms with Crippen molar-refractivity contribution in [2.45, 2.75) is 32.8 Å². The zero-order valence-corrected chi connectivity index (χ0v) is 14.7. The number of nitriles is 1. The Hall–Kier alpha value is -2.88. The summed E-state index contributed by atoms with van der Waals surface area (Å²) in [6, 6.07) is 5.92. The summed E-state index contributed by atoms with van der Waals surface area (Å²) in [5.74, 6) is 1.98. The van der Waals surface area contributed by atoms with Crippen molar-refractivity contribution in [1.82, 2.24) is 15.2 Å². The highest BCUT2D eigenvalue weighted by atomic mass is 16.5. The average molecular weight is 339 g/mol. The first-order valence-corrected chi connectivity index (χ1v) is 8.28. The molecule has 3 rings (SSSR count). The second-order valence-electron chi connectivity index (χ2n) is 6.06. The van der Waals surface area contributed by atoms with Gasteiger partial charge in [0.2, 0.25) is 5.88 Å². The lowest BCUT2D eigenvalue weighted by Gasteiger charge is -2.33. The molecule has 0 aromatic carbocycles. The molecule has 0 aliphatic carbocycles. The van der Waals surface area contributed by atoms with E-state index in [4.69, 9.17) is 9.47 Å². The van der Waals surface area contributed by atoms with Gasteiger partial charge in [-0.15, -0.1) is 5.10 Å². The van der Waals surface area contributed by atoms with Crippen LogP contribution in [0.3, 0.4) is 0 Å². The van der Waals surface area contributed by atoms with Crippen LogP contribution in [0.5, 0.6) is 11.6 Å². The summed E-state index contributed by atoms with van der Waals surface area (Å²) in [5.41, 5.74) is 2.31. The highest BCUT2D eigenvalue weighted by molar-refractivity contribution is 5.57.